The fourth-order valence-corrected chi connectivity index (χ4v) is 2.70. The van der Waals surface area contributed by atoms with Gasteiger partial charge in [0.1, 0.15) is 6.61 Å². The Balaban J connectivity index is 2.92. The standard InChI is InChI=1S/C23H34N2O4/c1-7-29-23(27)20-15-19(11-12-21(20)25(5)22(26)16-28-6)24-14-13-18(4)10-8-9-17(2)3/h9,11-13,15,24H,7-8,10,14,16H2,1-6H3/b18-13+. The molecule has 1 aromatic carbocycles. The third-order valence-electron chi connectivity index (χ3n) is 4.34. The molecule has 160 valence electrons. The molecule has 0 aliphatic heterocycles. The summed E-state index contributed by atoms with van der Waals surface area (Å²) >= 11 is 0. The molecule has 0 saturated heterocycles. The van der Waals surface area contributed by atoms with Gasteiger partial charge in [0, 0.05) is 26.4 Å². The normalized spacial score (nSPS) is 11.0. The third-order valence-corrected chi connectivity index (χ3v) is 4.34. The third kappa shape index (κ3) is 8.52. The second-order valence-corrected chi connectivity index (χ2v) is 7.09. The van der Waals surface area contributed by atoms with Crippen LogP contribution in [-0.2, 0) is 14.3 Å². The van der Waals surface area contributed by atoms with E-state index >= 15 is 0 Å². The van der Waals surface area contributed by atoms with E-state index in [0.29, 0.717) is 17.8 Å². The highest BCUT2D eigenvalue weighted by atomic mass is 16.5. The Kier molecular flexibility index (Phi) is 10.8. The number of carbonyl (C=O) groups excluding carboxylic acids is 2. The smallest absolute Gasteiger partial charge is 0.340 e. The van der Waals surface area contributed by atoms with Crippen LogP contribution in [0.4, 0.5) is 11.4 Å². The Labute approximate surface area is 174 Å². The van der Waals surface area contributed by atoms with Crippen molar-refractivity contribution in [2.75, 3.05) is 44.1 Å². The summed E-state index contributed by atoms with van der Waals surface area (Å²) in [6.07, 6.45) is 6.43. The summed E-state index contributed by atoms with van der Waals surface area (Å²) in [4.78, 5) is 26.0. The number of carbonyl (C=O) groups is 2. The van der Waals surface area contributed by atoms with Crippen molar-refractivity contribution in [3.63, 3.8) is 0 Å². The Morgan fingerprint density at radius 1 is 1.17 bits per heavy atom. The summed E-state index contributed by atoms with van der Waals surface area (Å²) in [5.74, 6) is -0.703. The van der Waals surface area contributed by atoms with Gasteiger partial charge in [0.25, 0.3) is 5.91 Å². The monoisotopic (exact) mass is 402 g/mol. The average Bonchev–Trinajstić information content (AvgIpc) is 2.67. The van der Waals surface area contributed by atoms with Gasteiger partial charge >= 0.3 is 5.97 Å². The van der Waals surface area contributed by atoms with Crippen LogP contribution in [0.3, 0.4) is 0 Å². The highest BCUT2D eigenvalue weighted by molar-refractivity contribution is 6.03. The van der Waals surface area contributed by atoms with Crippen molar-refractivity contribution in [3.8, 4) is 0 Å². The van der Waals surface area contributed by atoms with E-state index in [1.165, 1.54) is 23.2 Å². The minimum absolute atomic E-state index is 0.0599. The van der Waals surface area contributed by atoms with Gasteiger partial charge in [0.2, 0.25) is 0 Å². The second-order valence-electron chi connectivity index (χ2n) is 7.09. The fraction of sp³-hybridized carbons (Fsp3) is 0.478. The lowest BCUT2D eigenvalue weighted by Crippen LogP contribution is -2.31. The summed E-state index contributed by atoms with van der Waals surface area (Å²) in [6, 6.07) is 5.31. The van der Waals surface area contributed by atoms with Gasteiger partial charge in [0.05, 0.1) is 17.9 Å². The summed E-state index contributed by atoms with van der Waals surface area (Å²) in [7, 11) is 3.07. The van der Waals surface area contributed by atoms with Crippen LogP contribution in [0, 0.1) is 0 Å². The SMILES string of the molecule is CCOC(=O)c1cc(NC/C=C(\C)CCC=C(C)C)ccc1N(C)C(=O)COC. The first kappa shape index (κ1) is 24.4. The highest BCUT2D eigenvalue weighted by Gasteiger charge is 2.20. The zero-order valence-corrected chi connectivity index (χ0v) is 18.5. The molecule has 1 amide bonds. The van der Waals surface area contributed by atoms with Crippen molar-refractivity contribution in [2.45, 2.75) is 40.5 Å². The molecule has 6 nitrogen and oxygen atoms in total. The van der Waals surface area contributed by atoms with Gasteiger partial charge in [0.15, 0.2) is 0 Å². The number of esters is 1. The van der Waals surface area contributed by atoms with E-state index in [1.54, 1.807) is 26.1 Å². The molecule has 0 aromatic heterocycles. The van der Waals surface area contributed by atoms with E-state index in [1.807, 2.05) is 6.07 Å². The van der Waals surface area contributed by atoms with Crippen molar-refractivity contribution in [1.82, 2.24) is 0 Å². The molecule has 0 bridgehead atoms. The molecule has 0 atom stereocenters. The highest BCUT2D eigenvalue weighted by Crippen LogP contribution is 2.25. The molecule has 0 unspecified atom stereocenters. The van der Waals surface area contributed by atoms with Crippen LogP contribution in [0.5, 0.6) is 0 Å². The molecule has 1 N–H and O–H groups in total. The topological polar surface area (TPSA) is 67.9 Å². The first-order chi connectivity index (χ1) is 13.8. The Morgan fingerprint density at radius 3 is 2.52 bits per heavy atom. The van der Waals surface area contributed by atoms with E-state index in [4.69, 9.17) is 9.47 Å². The number of allylic oxidation sites excluding steroid dienone is 3. The summed E-state index contributed by atoms with van der Waals surface area (Å²) in [5.41, 5.74) is 4.26. The van der Waals surface area contributed by atoms with E-state index in [0.717, 1.165) is 18.5 Å². The van der Waals surface area contributed by atoms with Crippen LogP contribution in [0.15, 0.2) is 41.5 Å². The molecular weight excluding hydrogens is 368 g/mol. The van der Waals surface area contributed by atoms with Gasteiger partial charge in [-0.25, -0.2) is 4.79 Å². The molecule has 0 fully saturated rings. The van der Waals surface area contributed by atoms with E-state index in [2.05, 4.69) is 38.2 Å². The molecule has 1 aromatic rings. The number of benzene rings is 1. The summed E-state index contributed by atoms with van der Waals surface area (Å²) in [6.45, 7) is 8.93. The number of rotatable bonds is 11. The molecular formula is C23H34N2O4. The Morgan fingerprint density at radius 2 is 1.90 bits per heavy atom. The second kappa shape index (κ2) is 12.8. The lowest BCUT2D eigenvalue weighted by atomic mass is 10.1. The maximum atomic E-state index is 12.4. The summed E-state index contributed by atoms with van der Waals surface area (Å²) < 4.78 is 10.1. The van der Waals surface area contributed by atoms with Gasteiger partial charge in [-0.05, 0) is 58.7 Å². The zero-order chi connectivity index (χ0) is 21.8. The number of anilines is 2. The predicted molar refractivity (Wildman–Crippen MR) is 119 cm³/mol. The zero-order valence-electron chi connectivity index (χ0n) is 18.5. The number of methoxy groups -OCH3 is 1. The van der Waals surface area contributed by atoms with Crippen molar-refractivity contribution in [3.05, 3.63) is 47.1 Å². The lowest BCUT2D eigenvalue weighted by molar-refractivity contribution is -0.121. The molecule has 0 heterocycles. The molecule has 6 heteroatoms. The Hall–Kier alpha value is -2.60. The largest absolute Gasteiger partial charge is 0.462 e. The number of hydrogen-bond acceptors (Lipinski definition) is 5. The average molecular weight is 403 g/mol. The fourth-order valence-electron chi connectivity index (χ4n) is 2.70. The van der Waals surface area contributed by atoms with E-state index in [9.17, 15) is 9.59 Å². The number of amides is 1. The number of ether oxygens (including phenoxy) is 2. The van der Waals surface area contributed by atoms with Gasteiger partial charge < -0.3 is 19.7 Å². The predicted octanol–water partition coefficient (Wildman–Crippen LogP) is 4.58. The molecule has 1 rings (SSSR count). The number of likely N-dealkylation sites (N-methyl/N-ethyl adjacent to an activating group) is 1. The van der Waals surface area contributed by atoms with Crippen molar-refractivity contribution in [1.29, 1.82) is 0 Å². The van der Waals surface area contributed by atoms with Crippen molar-refractivity contribution < 1.29 is 19.1 Å². The van der Waals surface area contributed by atoms with Crippen LogP contribution in [0.1, 0.15) is 50.9 Å². The van der Waals surface area contributed by atoms with Crippen LogP contribution in [0.25, 0.3) is 0 Å². The Bertz CT molecular complexity index is 749. The first-order valence-corrected chi connectivity index (χ1v) is 9.89. The van der Waals surface area contributed by atoms with E-state index in [-0.39, 0.29) is 19.1 Å². The van der Waals surface area contributed by atoms with Gasteiger partial charge in [-0.2, -0.15) is 0 Å². The van der Waals surface area contributed by atoms with Crippen molar-refractivity contribution in [2.24, 2.45) is 0 Å². The maximum absolute atomic E-state index is 12.4. The molecule has 0 spiro atoms. The van der Waals surface area contributed by atoms with Crippen LogP contribution in [-0.4, -0.2) is 45.8 Å². The van der Waals surface area contributed by atoms with Crippen LogP contribution >= 0.6 is 0 Å². The minimum atomic E-state index is -0.461. The van der Waals surface area contributed by atoms with Gasteiger partial charge in [-0.15, -0.1) is 0 Å². The molecule has 0 aliphatic carbocycles. The molecule has 0 radical (unpaired) electrons. The van der Waals surface area contributed by atoms with E-state index < -0.39 is 5.97 Å². The quantitative estimate of drug-likeness (QED) is 0.433. The number of nitrogens with one attached hydrogen (secondary N) is 1. The van der Waals surface area contributed by atoms with Crippen LogP contribution in [0.2, 0.25) is 0 Å². The number of nitrogens with zero attached hydrogens (tertiary/aromatic N) is 1. The molecule has 0 aliphatic rings. The van der Waals surface area contributed by atoms with Crippen molar-refractivity contribution >= 4 is 23.3 Å². The molecule has 0 saturated carbocycles. The van der Waals surface area contributed by atoms with Gasteiger partial charge in [-0.3, -0.25) is 4.79 Å². The minimum Gasteiger partial charge on any atom is -0.462 e. The first-order valence-electron chi connectivity index (χ1n) is 9.89. The maximum Gasteiger partial charge on any atom is 0.340 e. The molecule has 29 heavy (non-hydrogen) atoms. The summed E-state index contributed by atoms with van der Waals surface area (Å²) in [5, 5.41) is 3.30. The number of hydrogen-bond donors (Lipinski definition) is 1. The lowest BCUT2D eigenvalue weighted by Gasteiger charge is -2.20. The van der Waals surface area contributed by atoms with Gasteiger partial charge in [-0.1, -0.05) is 23.3 Å². The van der Waals surface area contributed by atoms with Crippen LogP contribution < -0.4 is 10.2 Å².